The van der Waals surface area contributed by atoms with E-state index in [1.807, 2.05) is 24.3 Å². The first kappa shape index (κ1) is 18.5. The summed E-state index contributed by atoms with van der Waals surface area (Å²) in [7, 11) is -3.27. The molecule has 0 saturated carbocycles. The molecule has 0 atom stereocenters. The molecule has 0 radical (unpaired) electrons. The van der Waals surface area contributed by atoms with Gasteiger partial charge in [-0.2, -0.15) is 0 Å². The van der Waals surface area contributed by atoms with Gasteiger partial charge in [-0.05, 0) is 36.4 Å². The predicted octanol–water partition coefficient (Wildman–Crippen LogP) is 2.56. The number of nitrogens with zero attached hydrogens (tertiary/aromatic N) is 1. The fourth-order valence-electron chi connectivity index (χ4n) is 2.62. The van der Waals surface area contributed by atoms with Gasteiger partial charge in [0, 0.05) is 29.8 Å². The number of hydrogen-bond donors (Lipinski definition) is 1. The van der Waals surface area contributed by atoms with Crippen molar-refractivity contribution in [3.8, 4) is 0 Å². The monoisotopic (exact) mass is 390 g/mol. The van der Waals surface area contributed by atoms with Crippen molar-refractivity contribution in [2.75, 3.05) is 28.8 Å². The molecule has 0 unspecified atom stereocenters. The fourth-order valence-corrected chi connectivity index (χ4v) is 4.19. The molecule has 1 aliphatic heterocycles. The van der Waals surface area contributed by atoms with Crippen LogP contribution in [0.3, 0.4) is 0 Å². The molecule has 2 aromatic rings. The Morgan fingerprint density at radius 2 is 1.85 bits per heavy atom. The number of hydrogen-bond acceptors (Lipinski definition) is 5. The zero-order chi connectivity index (χ0) is 18.7. The zero-order valence-corrected chi connectivity index (χ0v) is 15.8. The number of sulfone groups is 1. The SMILES string of the molecule is CS(=O)(=O)c1ccc(NC(=O)CCN2C(=O)CSc3ccccc32)cc1. The van der Waals surface area contributed by atoms with Crippen molar-refractivity contribution < 1.29 is 18.0 Å². The standard InChI is InChI=1S/C18H18N2O4S2/c1-26(23,24)14-8-6-13(7-9-14)19-17(21)10-11-20-15-4-2-3-5-16(15)25-12-18(20)22/h2-9H,10-12H2,1H3,(H,19,21). The number of thioether (sulfide) groups is 1. The van der Waals surface area contributed by atoms with Crippen molar-refractivity contribution in [2.45, 2.75) is 16.2 Å². The van der Waals surface area contributed by atoms with Gasteiger partial charge in [0.05, 0.1) is 16.3 Å². The van der Waals surface area contributed by atoms with Crippen LogP contribution in [0.4, 0.5) is 11.4 Å². The highest BCUT2D eigenvalue weighted by atomic mass is 32.2. The van der Waals surface area contributed by atoms with E-state index in [9.17, 15) is 18.0 Å². The normalized spacial score (nSPS) is 14.0. The molecule has 6 nitrogen and oxygen atoms in total. The molecule has 1 aliphatic rings. The van der Waals surface area contributed by atoms with Gasteiger partial charge in [0.15, 0.2) is 9.84 Å². The zero-order valence-electron chi connectivity index (χ0n) is 14.1. The van der Waals surface area contributed by atoms with Gasteiger partial charge in [-0.15, -0.1) is 11.8 Å². The van der Waals surface area contributed by atoms with E-state index in [0.29, 0.717) is 18.0 Å². The molecule has 0 aliphatic carbocycles. The first-order valence-electron chi connectivity index (χ1n) is 7.97. The van der Waals surface area contributed by atoms with E-state index in [0.717, 1.165) is 16.8 Å². The van der Waals surface area contributed by atoms with Crippen molar-refractivity contribution in [3.63, 3.8) is 0 Å². The van der Waals surface area contributed by atoms with E-state index in [-0.39, 0.29) is 23.1 Å². The number of amides is 2. The summed E-state index contributed by atoms with van der Waals surface area (Å²) in [5.74, 6) is 0.116. The summed E-state index contributed by atoms with van der Waals surface area (Å²) in [6.45, 7) is 0.295. The maximum absolute atomic E-state index is 12.2. The van der Waals surface area contributed by atoms with E-state index in [4.69, 9.17) is 0 Å². The highest BCUT2D eigenvalue weighted by Gasteiger charge is 2.24. The highest BCUT2D eigenvalue weighted by Crippen LogP contribution is 2.34. The molecule has 2 amide bonds. The second-order valence-electron chi connectivity index (χ2n) is 5.90. The lowest BCUT2D eigenvalue weighted by molar-refractivity contribution is -0.117. The molecule has 2 aromatic carbocycles. The van der Waals surface area contributed by atoms with E-state index in [1.54, 1.807) is 17.0 Å². The number of fused-ring (bicyclic) bond motifs is 1. The molecule has 0 spiro atoms. The van der Waals surface area contributed by atoms with E-state index in [1.165, 1.54) is 23.9 Å². The topological polar surface area (TPSA) is 83.6 Å². The van der Waals surface area contributed by atoms with Crippen molar-refractivity contribution in [1.29, 1.82) is 0 Å². The summed E-state index contributed by atoms with van der Waals surface area (Å²) in [4.78, 5) is 27.2. The van der Waals surface area contributed by atoms with Crippen molar-refractivity contribution in [2.24, 2.45) is 0 Å². The first-order chi connectivity index (χ1) is 12.3. The van der Waals surface area contributed by atoms with Crippen LogP contribution in [-0.4, -0.2) is 38.8 Å². The lowest BCUT2D eigenvalue weighted by Crippen LogP contribution is -2.37. The van der Waals surface area contributed by atoms with Gasteiger partial charge < -0.3 is 10.2 Å². The predicted molar refractivity (Wildman–Crippen MR) is 102 cm³/mol. The number of para-hydroxylation sites is 1. The summed E-state index contributed by atoms with van der Waals surface area (Å²) in [5.41, 5.74) is 1.35. The molecule has 3 rings (SSSR count). The van der Waals surface area contributed by atoms with Crippen molar-refractivity contribution in [1.82, 2.24) is 0 Å². The Morgan fingerprint density at radius 3 is 2.54 bits per heavy atom. The summed E-state index contributed by atoms with van der Waals surface area (Å²) >= 11 is 1.50. The third-order valence-electron chi connectivity index (χ3n) is 3.94. The van der Waals surface area contributed by atoms with Crippen molar-refractivity contribution >= 4 is 44.8 Å². The Balaban J connectivity index is 1.62. The van der Waals surface area contributed by atoms with Crippen molar-refractivity contribution in [3.05, 3.63) is 48.5 Å². The van der Waals surface area contributed by atoms with Gasteiger partial charge in [0.1, 0.15) is 0 Å². The lowest BCUT2D eigenvalue weighted by Gasteiger charge is -2.28. The van der Waals surface area contributed by atoms with Gasteiger partial charge in [0.25, 0.3) is 0 Å². The number of carbonyl (C=O) groups excluding carboxylic acids is 2. The van der Waals surface area contributed by atoms with E-state index >= 15 is 0 Å². The summed E-state index contributed by atoms with van der Waals surface area (Å²) in [6.07, 6.45) is 1.28. The molecule has 1 heterocycles. The maximum atomic E-state index is 12.2. The minimum absolute atomic E-state index is 0.0148. The summed E-state index contributed by atoms with van der Waals surface area (Å²) in [5, 5.41) is 2.72. The van der Waals surface area contributed by atoms with Gasteiger partial charge >= 0.3 is 0 Å². The Hall–Kier alpha value is -2.32. The van der Waals surface area contributed by atoms with Crippen LogP contribution in [0.15, 0.2) is 58.3 Å². The molecular formula is C18H18N2O4S2. The van der Waals surface area contributed by atoms with Gasteiger partial charge in [-0.3, -0.25) is 9.59 Å². The van der Waals surface area contributed by atoms with Crippen LogP contribution in [0.25, 0.3) is 0 Å². The molecule has 26 heavy (non-hydrogen) atoms. The minimum atomic E-state index is -3.27. The number of rotatable bonds is 5. The van der Waals surface area contributed by atoms with E-state index in [2.05, 4.69) is 5.32 Å². The van der Waals surface area contributed by atoms with Gasteiger partial charge in [-0.25, -0.2) is 8.42 Å². The number of benzene rings is 2. The van der Waals surface area contributed by atoms with Crippen LogP contribution >= 0.6 is 11.8 Å². The summed E-state index contributed by atoms with van der Waals surface area (Å²) in [6, 6.07) is 13.6. The van der Waals surface area contributed by atoms with Crippen LogP contribution in [-0.2, 0) is 19.4 Å². The molecule has 1 N–H and O–H groups in total. The molecule has 0 saturated heterocycles. The Labute approximate surface area is 156 Å². The Bertz CT molecular complexity index is 940. The number of nitrogens with one attached hydrogen (secondary N) is 1. The average molecular weight is 390 g/mol. The van der Waals surface area contributed by atoms with Crippen LogP contribution in [0.5, 0.6) is 0 Å². The second kappa shape index (κ2) is 7.51. The third-order valence-corrected chi connectivity index (χ3v) is 6.11. The molecule has 8 heteroatoms. The van der Waals surface area contributed by atoms with Crippen LogP contribution in [0, 0.1) is 0 Å². The Kier molecular flexibility index (Phi) is 5.33. The molecule has 136 valence electrons. The Morgan fingerprint density at radius 1 is 1.15 bits per heavy atom. The average Bonchev–Trinajstić information content (AvgIpc) is 2.60. The van der Waals surface area contributed by atoms with Gasteiger partial charge in [-0.1, -0.05) is 12.1 Å². The molecular weight excluding hydrogens is 372 g/mol. The number of anilines is 2. The van der Waals surface area contributed by atoms with Crippen LogP contribution < -0.4 is 10.2 Å². The van der Waals surface area contributed by atoms with Gasteiger partial charge in [0.2, 0.25) is 11.8 Å². The molecule has 0 aromatic heterocycles. The minimum Gasteiger partial charge on any atom is -0.326 e. The summed E-state index contributed by atoms with van der Waals surface area (Å²) < 4.78 is 22.9. The fraction of sp³-hybridized carbons (Fsp3) is 0.222. The van der Waals surface area contributed by atoms with Crippen LogP contribution in [0.2, 0.25) is 0 Å². The van der Waals surface area contributed by atoms with Crippen LogP contribution in [0.1, 0.15) is 6.42 Å². The highest BCUT2D eigenvalue weighted by molar-refractivity contribution is 8.00. The second-order valence-corrected chi connectivity index (χ2v) is 8.93. The molecule has 0 bridgehead atoms. The van der Waals surface area contributed by atoms with E-state index < -0.39 is 9.84 Å². The largest absolute Gasteiger partial charge is 0.326 e. The first-order valence-corrected chi connectivity index (χ1v) is 10.8. The number of carbonyl (C=O) groups is 2. The quantitative estimate of drug-likeness (QED) is 0.848. The third kappa shape index (κ3) is 4.25. The smallest absolute Gasteiger partial charge is 0.237 e. The maximum Gasteiger partial charge on any atom is 0.237 e. The lowest BCUT2D eigenvalue weighted by atomic mass is 10.2. The molecule has 0 fully saturated rings.